The summed E-state index contributed by atoms with van der Waals surface area (Å²) in [7, 11) is 1.79. The van der Waals surface area contributed by atoms with E-state index in [2.05, 4.69) is 16.5 Å². The molecule has 3 heterocycles. The minimum atomic E-state index is -0.275. The Kier molecular flexibility index (Phi) is 7.50. The molecule has 0 saturated carbocycles. The van der Waals surface area contributed by atoms with Crippen LogP contribution in [-0.4, -0.2) is 61.6 Å². The monoisotopic (exact) mass is 522 g/mol. The van der Waals surface area contributed by atoms with Gasteiger partial charge in [0.2, 0.25) is 5.91 Å². The second kappa shape index (κ2) is 11.0. The van der Waals surface area contributed by atoms with E-state index >= 15 is 0 Å². The molecule has 194 valence electrons. The number of fused-ring (bicyclic) bond motifs is 1. The third-order valence-corrected chi connectivity index (χ3v) is 7.48. The van der Waals surface area contributed by atoms with Gasteiger partial charge >= 0.3 is 0 Å². The van der Waals surface area contributed by atoms with E-state index in [1.807, 2.05) is 31.2 Å². The Balaban J connectivity index is 1.40. The summed E-state index contributed by atoms with van der Waals surface area (Å²) < 4.78 is 10.9. The predicted molar refractivity (Wildman–Crippen MR) is 143 cm³/mol. The van der Waals surface area contributed by atoms with Crippen molar-refractivity contribution in [2.75, 3.05) is 44.7 Å². The minimum absolute atomic E-state index is 0.104. The number of amides is 2. The molecule has 0 radical (unpaired) electrons. The van der Waals surface area contributed by atoms with Gasteiger partial charge in [-0.25, -0.2) is 5.01 Å². The fraction of sp³-hybridized carbons (Fsp3) is 0.357. The normalized spacial score (nSPS) is 16.4. The lowest BCUT2D eigenvalue weighted by molar-refractivity contribution is -0.132. The number of anilines is 1. The number of carbonyl (C=O) groups excluding carboxylic acids is 2. The molecule has 0 bridgehead atoms. The number of hydrazine groups is 1. The molecule has 2 aliphatic heterocycles. The summed E-state index contributed by atoms with van der Waals surface area (Å²) in [5.74, 6) is 0.0970. The van der Waals surface area contributed by atoms with Crippen molar-refractivity contribution in [3.63, 3.8) is 0 Å². The maximum Gasteiger partial charge on any atom is 0.265 e. The van der Waals surface area contributed by atoms with Crippen molar-refractivity contribution < 1.29 is 18.7 Å². The topological polar surface area (TPSA) is 78.3 Å². The molecular formula is C28H31ClN4O4. The van der Waals surface area contributed by atoms with Crippen LogP contribution in [-0.2, 0) is 9.59 Å². The number of nitrogens with zero attached hydrogens (tertiary/aromatic N) is 3. The average Bonchev–Trinajstić information content (AvgIpc) is 3.62. The van der Waals surface area contributed by atoms with Gasteiger partial charge in [-0.1, -0.05) is 29.8 Å². The van der Waals surface area contributed by atoms with Crippen molar-refractivity contribution in [1.29, 1.82) is 0 Å². The van der Waals surface area contributed by atoms with Crippen LogP contribution in [0.5, 0.6) is 5.75 Å². The fourth-order valence-electron chi connectivity index (χ4n) is 4.84. The number of likely N-dealkylation sites (N-methyl/N-ethyl adjacent to an activating group) is 1. The van der Waals surface area contributed by atoms with Crippen LogP contribution in [0.1, 0.15) is 30.0 Å². The van der Waals surface area contributed by atoms with Gasteiger partial charge < -0.3 is 14.1 Å². The summed E-state index contributed by atoms with van der Waals surface area (Å²) >= 11 is 6.34. The molecule has 1 fully saturated rings. The lowest BCUT2D eigenvalue weighted by Crippen LogP contribution is -2.48. The zero-order chi connectivity index (χ0) is 25.9. The Morgan fingerprint density at radius 2 is 1.97 bits per heavy atom. The number of rotatable bonds is 8. The van der Waals surface area contributed by atoms with Crippen molar-refractivity contribution in [3.05, 3.63) is 71.1 Å². The first kappa shape index (κ1) is 25.3. The Hall–Kier alpha value is -3.33. The molecule has 2 amide bonds. The highest BCUT2D eigenvalue weighted by Gasteiger charge is 2.31. The van der Waals surface area contributed by atoms with E-state index in [9.17, 15) is 9.59 Å². The molecule has 3 aromatic rings. The first-order valence-corrected chi connectivity index (χ1v) is 12.9. The largest absolute Gasteiger partial charge is 0.482 e. The van der Waals surface area contributed by atoms with Crippen molar-refractivity contribution in [1.82, 2.24) is 15.3 Å². The summed E-state index contributed by atoms with van der Waals surface area (Å²) in [5.41, 5.74) is 7.87. The quantitative estimate of drug-likeness (QED) is 0.471. The standard InChI is InChI=1S/C28H31ClN4O4/c1-19-12-26-24(14-23(19)29)33(28(35)18-37-26)16-27(34)31(2)25(15-30-32-9-3-4-10-32)21-7-5-6-20(13-21)22-8-11-36-17-22/h5-8,11-14,17,25,30H,3-4,9-10,15-16,18H2,1-2H3. The van der Waals surface area contributed by atoms with Crippen LogP contribution < -0.4 is 15.1 Å². The Morgan fingerprint density at radius 3 is 2.73 bits per heavy atom. The van der Waals surface area contributed by atoms with E-state index in [4.69, 9.17) is 20.8 Å². The Morgan fingerprint density at radius 1 is 1.16 bits per heavy atom. The van der Waals surface area contributed by atoms with Crippen LogP contribution >= 0.6 is 11.6 Å². The second-order valence-corrected chi connectivity index (χ2v) is 9.96. The average molecular weight is 523 g/mol. The van der Waals surface area contributed by atoms with Crippen LogP contribution in [0.15, 0.2) is 59.4 Å². The van der Waals surface area contributed by atoms with Gasteiger partial charge in [-0.3, -0.25) is 19.9 Å². The molecule has 1 atom stereocenters. The molecule has 2 aliphatic rings. The SMILES string of the molecule is Cc1cc2c(cc1Cl)N(CC(=O)N(C)C(CNN1CCCC1)c1cccc(-c3ccoc3)c1)C(=O)CO2. The smallest absolute Gasteiger partial charge is 0.265 e. The lowest BCUT2D eigenvalue weighted by atomic mass is 10.00. The number of aryl methyl sites for hydroxylation is 1. The number of halogens is 1. The highest BCUT2D eigenvalue weighted by Crippen LogP contribution is 2.37. The molecule has 0 spiro atoms. The summed E-state index contributed by atoms with van der Waals surface area (Å²) in [4.78, 5) is 29.6. The van der Waals surface area contributed by atoms with Gasteiger partial charge in [-0.05, 0) is 60.7 Å². The molecule has 2 aromatic carbocycles. The van der Waals surface area contributed by atoms with E-state index in [1.54, 1.807) is 36.6 Å². The lowest BCUT2D eigenvalue weighted by Gasteiger charge is -2.34. The number of carbonyl (C=O) groups is 2. The van der Waals surface area contributed by atoms with Crippen LogP contribution in [0.2, 0.25) is 5.02 Å². The Labute approximate surface area is 221 Å². The molecule has 37 heavy (non-hydrogen) atoms. The highest BCUT2D eigenvalue weighted by molar-refractivity contribution is 6.31. The molecule has 9 heteroatoms. The number of ether oxygens (including phenoxy) is 1. The summed E-state index contributed by atoms with van der Waals surface area (Å²) in [6.45, 7) is 4.18. The zero-order valence-corrected chi connectivity index (χ0v) is 21.8. The first-order chi connectivity index (χ1) is 17.9. The van der Waals surface area contributed by atoms with E-state index in [-0.39, 0.29) is 31.0 Å². The van der Waals surface area contributed by atoms with Crippen molar-refractivity contribution in [2.24, 2.45) is 0 Å². The molecule has 0 aliphatic carbocycles. The summed E-state index contributed by atoms with van der Waals surface area (Å²) in [5, 5.41) is 2.73. The first-order valence-electron chi connectivity index (χ1n) is 12.5. The van der Waals surface area contributed by atoms with E-state index in [0.717, 1.165) is 48.2 Å². The van der Waals surface area contributed by atoms with Crippen LogP contribution in [0.3, 0.4) is 0 Å². The number of nitrogens with one attached hydrogen (secondary N) is 1. The van der Waals surface area contributed by atoms with Gasteiger partial charge in [0.25, 0.3) is 5.91 Å². The van der Waals surface area contributed by atoms with E-state index in [0.29, 0.717) is 23.0 Å². The van der Waals surface area contributed by atoms with Crippen LogP contribution in [0.4, 0.5) is 5.69 Å². The predicted octanol–water partition coefficient (Wildman–Crippen LogP) is 4.43. The number of hydrogen-bond acceptors (Lipinski definition) is 6. The molecule has 1 N–H and O–H groups in total. The van der Waals surface area contributed by atoms with Gasteiger partial charge in [-0.15, -0.1) is 0 Å². The third kappa shape index (κ3) is 5.51. The second-order valence-electron chi connectivity index (χ2n) is 9.55. The molecule has 1 unspecified atom stereocenters. The fourth-order valence-corrected chi connectivity index (χ4v) is 5.00. The van der Waals surface area contributed by atoms with Gasteiger partial charge in [0.1, 0.15) is 12.3 Å². The maximum atomic E-state index is 13.6. The van der Waals surface area contributed by atoms with Crippen molar-refractivity contribution >= 4 is 29.1 Å². The molecule has 8 nitrogen and oxygen atoms in total. The third-order valence-electron chi connectivity index (χ3n) is 7.08. The number of benzene rings is 2. The van der Waals surface area contributed by atoms with E-state index in [1.165, 1.54) is 4.90 Å². The zero-order valence-electron chi connectivity index (χ0n) is 21.1. The molecular weight excluding hydrogens is 492 g/mol. The highest BCUT2D eigenvalue weighted by atomic mass is 35.5. The van der Waals surface area contributed by atoms with Gasteiger partial charge in [0.15, 0.2) is 6.61 Å². The van der Waals surface area contributed by atoms with Crippen LogP contribution in [0.25, 0.3) is 11.1 Å². The van der Waals surface area contributed by atoms with Crippen LogP contribution in [0, 0.1) is 6.92 Å². The molecule has 1 saturated heterocycles. The van der Waals surface area contributed by atoms with E-state index < -0.39 is 0 Å². The molecule has 1 aromatic heterocycles. The minimum Gasteiger partial charge on any atom is -0.482 e. The van der Waals surface area contributed by atoms with Gasteiger partial charge in [-0.2, -0.15) is 0 Å². The van der Waals surface area contributed by atoms with Crippen molar-refractivity contribution in [3.8, 4) is 16.9 Å². The molecule has 5 rings (SSSR count). The maximum absolute atomic E-state index is 13.6. The van der Waals surface area contributed by atoms with Gasteiger partial charge in [0.05, 0.1) is 24.3 Å². The number of furan rings is 1. The number of hydrogen-bond donors (Lipinski definition) is 1. The summed E-state index contributed by atoms with van der Waals surface area (Å²) in [6, 6.07) is 13.3. The summed E-state index contributed by atoms with van der Waals surface area (Å²) in [6.07, 6.45) is 5.67. The van der Waals surface area contributed by atoms with Crippen molar-refractivity contribution in [2.45, 2.75) is 25.8 Å². The Bertz CT molecular complexity index is 1270. The van der Waals surface area contributed by atoms with Gasteiger partial charge in [0, 0.05) is 37.3 Å².